The lowest BCUT2D eigenvalue weighted by molar-refractivity contribution is 0.307. The Labute approximate surface area is 125 Å². The zero-order valence-corrected chi connectivity index (χ0v) is 12.4. The van der Waals surface area contributed by atoms with Crippen LogP contribution in [0.1, 0.15) is 5.56 Å². The van der Waals surface area contributed by atoms with Crippen LogP contribution in [0.15, 0.2) is 60.8 Å². The summed E-state index contributed by atoms with van der Waals surface area (Å²) in [6.07, 6.45) is 1.82. The minimum Gasteiger partial charge on any atom is -0.489 e. The van der Waals surface area contributed by atoms with E-state index in [-0.39, 0.29) is 0 Å². The fourth-order valence-corrected chi connectivity index (χ4v) is 2.52. The van der Waals surface area contributed by atoms with Crippen LogP contribution >= 0.6 is 22.6 Å². The van der Waals surface area contributed by atoms with Crippen molar-refractivity contribution in [2.45, 2.75) is 6.61 Å². The van der Waals surface area contributed by atoms with Gasteiger partial charge in [-0.1, -0.05) is 30.3 Å². The summed E-state index contributed by atoms with van der Waals surface area (Å²) in [7, 11) is 0. The van der Waals surface area contributed by atoms with Crippen molar-refractivity contribution in [3.05, 3.63) is 69.9 Å². The second kappa shape index (κ2) is 5.57. The van der Waals surface area contributed by atoms with Gasteiger partial charge in [-0.2, -0.15) is 0 Å². The molecule has 0 N–H and O–H groups in total. The van der Waals surface area contributed by atoms with Crippen molar-refractivity contribution in [1.29, 1.82) is 0 Å². The summed E-state index contributed by atoms with van der Waals surface area (Å²) in [5.41, 5.74) is 2.12. The van der Waals surface area contributed by atoms with Crippen LogP contribution in [0, 0.1) is 3.57 Å². The molecule has 19 heavy (non-hydrogen) atoms. The Morgan fingerprint density at radius 3 is 2.74 bits per heavy atom. The third kappa shape index (κ3) is 2.87. The number of benzene rings is 2. The van der Waals surface area contributed by atoms with Gasteiger partial charge in [0.1, 0.15) is 12.4 Å². The molecule has 0 unspecified atom stereocenters. The van der Waals surface area contributed by atoms with Gasteiger partial charge in [0.05, 0.1) is 5.52 Å². The van der Waals surface area contributed by atoms with Crippen molar-refractivity contribution in [1.82, 2.24) is 4.98 Å². The maximum atomic E-state index is 5.84. The Morgan fingerprint density at radius 1 is 1.00 bits per heavy atom. The lowest BCUT2D eigenvalue weighted by Gasteiger charge is -2.08. The zero-order chi connectivity index (χ0) is 13.1. The van der Waals surface area contributed by atoms with Crippen molar-refractivity contribution in [2.24, 2.45) is 0 Å². The molecule has 3 aromatic rings. The van der Waals surface area contributed by atoms with Crippen molar-refractivity contribution >= 4 is 33.5 Å². The topological polar surface area (TPSA) is 22.1 Å². The lowest BCUT2D eigenvalue weighted by Crippen LogP contribution is -1.97. The third-order valence-electron chi connectivity index (χ3n) is 2.91. The normalized spacial score (nSPS) is 10.6. The van der Waals surface area contributed by atoms with Gasteiger partial charge in [0.25, 0.3) is 0 Å². The summed E-state index contributed by atoms with van der Waals surface area (Å²) in [6.45, 7) is 0.536. The van der Waals surface area contributed by atoms with Gasteiger partial charge in [0.15, 0.2) is 0 Å². The van der Waals surface area contributed by atoms with Crippen LogP contribution in [-0.2, 0) is 6.61 Å². The Hall–Kier alpha value is -1.62. The predicted octanol–water partition coefficient (Wildman–Crippen LogP) is 4.42. The number of ether oxygens (including phenoxy) is 1. The van der Waals surface area contributed by atoms with E-state index in [0.29, 0.717) is 6.61 Å². The largest absolute Gasteiger partial charge is 0.489 e. The van der Waals surface area contributed by atoms with E-state index in [0.717, 1.165) is 22.2 Å². The van der Waals surface area contributed by atoms with Crippen molar-refractivity contribution in [3.8, 4) is 5.75 Å². The van der Waals surface area contributed by atoms with Gasteiger partial charge >= 0.3 is 0 Å². The van der Waals surface area contributed by atoms with E-state index in [1.54, 1.807) is 0 Å². The van der Waals surface area contributed by atoms with Crippen molar-refractivity contribution < 1.29 is 4.74 Å². The maximum absolute atomic E-state index is 5.84. The van der Waals surface area contributed by atoms with Crippen LogP contribution in [0.3, 0.4) is 0 Å². The predicted molar refractivity (Wildman–Crippen MR) is 85.2 cm³/mol. The lowest BCUT2D eigenvalue weighted by atomic mass is 10.1. The van der Waals surface area contributed by atoms with E-state index in [4.69, 9.17) is 4.74 Å². The third-order valence-corrected chi connectivity index (χ3v) is 3.58. The molecule has 0 saturated heterocycles. The van der Waals surface area contributed by atoms with E-state index < -0.39 is 0 Å². The quantitative estimate of drug-likeness (QED) is 0.645. The fourth-order valence-electron chi connectivity index (χ4n) is 2.00. The number of hydrogen-bond acceptors (Lipinski definition) is 2. The molecule has 2 nitrogen and oxygen atoms in total. The van der Waals surface area contributed by atoms with Gasteiger partial charge in [-0.25, -0.2) is 0 Å². The van der Waals surface area contributed by atoms with Gasteiger partial charge in [-0.05, 0) is 46.9 Å². The Balaban J connectivity index is 1.86. The first kappa shape index (κ1) is 12.4. The molecule has 1 aromatic heterocycles. The minimum absolute atomic E-state index is 0.536. The molecule has 0 bridgehead atoms. The molecule has 0 fully saturated rings. The highest BCUT2D eigenvalue weighted by Crippen LogP contribution is 2.20. The Bertz CT molecular complexity index is 706. The first-order chi connectivity index (χ1) is 9.33. The smallest absolute Gasteiger partial charge is 0.120 e. The number of nitrogens with zero attached hydrogens (tertiary/aromatic N) is 1. The van der Waals surface area contributed by atoms with Gasteiger partial charge < -0.3 is 4.74 Å². The summed E-state index contributed by atoms with van der Waals surface area (Å²) in [6, 6.07) is 18.2. The van der Waals surface area contributed by atoms with E-state index in [2.05, 4.69) is 45.8 Å². The van der Waals surface area contributed by atoms with Crippen LogP contribution in [0.25, 0.3) is 10.9 Å². The molecule has 3 rings (SSSR count). The number of aromatic nitrogens is 1. The van der Waals surface area contributed by atoms with E-state index in [9.17, 15) is 0 Å². The fraction of sp³-hybridized carbons (Fsp3) is 0.0625. The van der Waals surface area contributed by atoms with Gasteiger partial charge in [-0.15, -0.1) is 0 Å². The number of rotatable bonds is 3. The molecule has 0 aliphatic rings. The first-order valence-corrected chi connectivity index (χ1v) is 7.12. The molecule has 1 heterocycles. The van der Waals surface area contributed by atoms with Crippen molar-refractivity contribution in [2.75, 3.05) is 0 Å². The molecule has 0 amide bonds. The molecule has 2 aromatic carbocycles. The molecule has 3 heteroatoms. The number of pyridine rings is 1. The molecule has 0 spiro atoms. The molecule has 0 atom stereocenters. The zero-order valence-electron chi connectivity index (χ0n) is 10.2. The number of halogens is 1. The van der Waals surface area contributed by atoms with Crippen LogP contribution in [0.2, 0.25) is 0 Å². The number of fused-ring (bicyclic) bond motifs is 1. The Morgan fingerprint density at radius 2 is 1.84 bits per heavy atom. The average Bonchev–Trinajstić information content (AvgIpc) is 2.45. The summed E-state index contributed by atoms with van der Waals surface area (Å²) in [5, 5.41) is 1.14. The molecule has 0 radical (unpaired) electrons. The van der Waals surface area contributed by atoms with E-state index >= 15 is 0 Å². The highest BCUT2D eigenvalue weighted by atomic mass is 127. The average molecular weight is 361 g/mol. The summed E-state index contributed by atoms with van der Waals surface area (Å²) in [5.74, 6) is 0.889. The second-order valence-corrected chi connectivity index (χ2v) is 5.48. The molecule has 0 saturated carbocycles. The van der Waals surface area contributed by atoms with E-state index in [1.807, 2.05) is 42.6 Å². The van der Waals surface area contributed by atoms with Gasteiger partial charge in [0, 0.05) is 20.7 Å². The number of hydrogen-bond donors (Lipinski definition) is 0. The number of para-hydroxylation sites is 1. The van der Waals surface area contributed by atoms with Crippen LogP contribution in [0.4, 0.5) is 0 Å². The summed E-state index contributed by atoms with van der Waals surface area (Å²) in [4.78, 5) is 4.43. The van der Waals surface area contributed by atoms with Gasteiger partial charge in [-0.3, -0.25) is 4.98 Å². The Kier molecular flexibility index (Phi) is 3.64. The minimum atomic E-state index is 0.536. The highest BCUT2D eigenvalue weighted by molar-refractivity contribution is 14.1. The first-order valence-electron chi connectivity index (χ1n) is 6.04. The molecule has 0 aliphatic heterocycles. The SMILES string of the molecule is Ic1cccc(OCc2cccc3cccnc23)c1. The van der Waals surface area contributed by atoms with Crippen molar-refractivity contribution in [3.63, 3.8) is 0 Å². The second-order valence-electron chi connectivity index (χ2n) is 4.24. The highest BCUT2D eigenvalue weighted by Gasteiger charge is 2.02. The van der Waals surface area contributed by atoms with E-state index in [1.165, 1.54) is 3.57 Å². The van der Waals surface area contributed by atoms with Gasteiger partial charge in [0.2, 0.25) is 0 Å². The molecule has 0 aliphatic carbocycles. The summed E-state index contributed by atoms with van der Waals surface area (Å²) >= 11 is 2.28. The van der Waals surface area contributed by atoms with Crippen LogP contribution in [-0.4, -0.2) is 4.98 Å². The molecular formula is C16H12INO. The van der Waals surface area contributed by atoms with Crippen LogP contribution in [0.5, 0.6) is 5.75 Å². The maximum Gasteiger partial charge on any atom is 0.120 e. The van der Waals surface area contributed by atoms with Crippen LogP contribution < -0.4 is 4.74 Å². The molecular weight excluding hydrogens is 349 g/mol. The summed E-state index contributed by atoms with van der Waals surface area (Å²) < 4.78 is 7.01. The molecule has 94 valence electrons. The standard InChI is InChI=1S/C16H12INO/c17-14-7-2-8-15(10-14)19-11-13-5-1-4-12-6-3-9-18-16(12)13/h1-10H,11H2. The monoisotopic (exact) mass is 361 g/mol.